The largest absolute Gasteiger partial charge is 0.419 e. The van der Waals surface area contributed by atoms with Crippen molar-refractivity contribution in [3.05, 3.63) is 35.1 Å². The van der Waals surface area contributed by atoms with Crippen molar-refractivity contribution in [1.82, 2.24) is 0 Å². The third-order valence-corrected chi connectivity index (χ3v) is 4.04. The summed E-state index contributed by atoms with van der Waals surface area (Å²) in [5.41, 5.74) is -1.41. The predicted octanol–water partition coefficient (Wildman–Crippen LogP) is 5.39. The van der Waals surface area contributed by atoms with E-state index >= 15 is 0 Å². The molecule has 21 heavy (non-hydrogen) atoms. The zero-order valence-corrected chi connectivity index (χ0v) is 11.7. The van der Waals surface area contributed by atoms with Gasteiger partial charge in [-0.05, 0) is 24.1 Å². The van der Waals surface area contributed by atoms with Crippen LogP contribution in [0.1, 0.15) is 60.9 Å². The summed E-state index contributed by atoms with van der Waals surface area (Å²) >= 11 is 0. The Morgan fingerprint density at radius 1 is 1.10 bits per heavy atom. The molecule has 0 radical (unpaired) electrons. The molecular weight excluding hydrogens is 284 g/mol. The van der Waals surface area contributed by atoms with Crippen LogP contribution in [0.3, 0.4) is 0 Å². The van der Waals surface area contributed by atoms with Gasteiger partial charge in [-0.2, -0.15) is 13.2 Å². The highest BCUT2D eigenvalue weighted by molar-refractivity contribution is 5.96. The van der Waals surface area contributed by atoms with E-state index in [-0.39, 0.29) is 23.7 Å². The molecule has 5 heteroatoms. The molecule has 0 amide bonds. The normalized spacial score (nSPS) is 17.5. The van der Waals surface area contributed by atoms with E-state index in [9.17, 15) is 22.4 Å². The fourth-order valence-corrected chi connectivity index (χ4v) is 2.86. The molecule has 0 aromatic heterocycles. The maximum Gasteiger partial charge on any atom is 0.419 e. The number of carbonyl (C=O) groups is 1. The van der Waals surface area contributed by atoms with Crippen molar-refractivity contribution in [3.63, 3.8) is 0 Å². The molecule has 1 aliphatic carbocycles. The summed E-state index contributed by atoms with van der Waals surface area (Å²) in [4.78, 5) is 12.1. The van der Waals surface area contributed by atoms with Gasteiger partial charge in [0.1, 0.15) is 5.82 Å². The molecule has 1 aromatic carbocycles. The van der Waals surface area contributed by atoms with Crippen LogP contribution >= 0.6 is 0 Å². The monoisotopic (exact) mass is 302 g/mol. The summed E-state index contributed by atoms with van der Waals surface area (Å²) in [5.74, 6) is -1.43. The number of benzene rings is 1. The van der Waals surface area contributed by atoms with E-state index in [2.05, 4.69) is 0 Å². The number of carbonyl (C=O) groups excluding carboxylic acids is 1. The number of rotatable bonds is 3. The molecule has 0 bridgehead atoms. The average Bonchev–Trinajstić information content (AvgIpc) is 2.66. The molecule has 0 aliphatic heterocycles. The second-order valence-corrected chi connectivity index (χ2v) is 5.68. The van der Waals surface area contributed by atoms with Gasteiger partial charge in [-0.15, -0.1) is 0 Å². The van der Waals surface area contributed by atoms with Crippen molar-refractivity contribution >= 4 is 5.78 Å². The fraction of sp³-hybridized carbons (Fsp3) is 0.562. The maximum absolute atomic E-state index is 13.2. The second-order valence-electron chi connectivity index (χ2n) is 5.68. The van der Waals surface area contributed by atoms with Crippen LogP contribution in [-0.4, -0.2) is 5.78 Å². The van der Waals surface area contributed by atoms with E-state index < -0.39 is 17.6 Å². The van der Waals surface area contributed by atoms with Crippen molar-refractivity contribution in [2.75, 3.05) is 0 Å². The molecule has 0 N–H and O–H groups in total. The standard InChI is InChI=1S/C16H18F4O/c17-14-8-7-12(10-13(14)16(18,19)20)15(21)9-11-5-3-1-2-4-6-11/h7-8,10-11H,1-6,9H2. The van der Waals surface area contributed by atoms with Gasteiger partial charge in [-0.3, -0.25) is 4.79 Å². The highest BCUT2D eigenvalue weighted by Crippen LogP contribution is 2.33. The predicted molar refractivity (Wildman–Crippen MR) is 71.5 cm³/mol. The Bertz CT molecular complexity index is 499. The lowest BCUT2D eigenvalue weighted by Gasteiger charge is -2.14. The van der Waals surface area contributed by atoms with Gasteiger partial charge in [-0.1, -0.05) is 38.5 Å². The maximum atomic E-state index is 13.2. The Labute approximate surface area is 121 Å². The van der Waals surface area contributed by atoms with Crippen molar-refractivity contribution in [1.29, 1.82) is 0 Å². The van der Waals surface area contributed by atoms with Gasteiger partial charge in [0.25, 0.3) is 0 Å². The Kier molecular flexibility index (Phi) is 5.01. The van der Waals surface area contributed by atoms with Gasteiger partial charge in [0.05, 0.1) is 5.56 Å². The van der Waals surface area contributed by atoms with E-state index in [0.717, 1.165) is 50.7 Å². The van der Waals surface area contributed by atoms with Crippen LogP contribution in [0, 0.1) is 11.7 Å². The summed E-state index contributed by atoms with van der Waals surface area (Å²) in [5, 5.41) is 0. The van der Waals surface area contributed by atoms with E-state index in [1.54, 1.807) is 0 Å². The molecule has 1 aliphatic rings. The lowest BCUT2D eigenvalue weighted by atomic mass is 9.91. The molecular formula is C16H18F4O. The molecule has 0 heterocycles. The Morgan fingerprint density at radius 2 is 1.71 bits per heavy atom. The van der Waals surface area contributed by atoms with E-state index in [1.165, 1.54) is 0 Å². The zero-order valence-electron chi connectivity index (χ0n) is 11.7. The molecule has 0 spiro atoms. The number of Topliss-reactive ketones (excluding diaryl/α,β-unsaturated/α-hetero) is 1. The van der Waals surface area contributed by atoms with Crippen molar-refractivity contribution in [2.45, 2.75) is 51.1 Å². The number of ketones is 1. The lowest BCUT2D eigenvalue weighted by molar-refractivity contribution is -0.140. The van der Waals surface area contributed by atoms with Gasteiger partial charge in [-0.25, -0.2) is 4.39 Å². The first kappa shape index (κ1) is 16.0. The topological polar surface area (TPSA) is 17.1 Å². The summed E-state index contributed by atoms with van der Waals surface area (Å²) in [7, 11) is 0. The number of alkyl halides is 3. The first-order valence-electron chi connectivity index (χ1n) is 7.28. The lowest BCUT2D eigenvalue weighted by Crippen LogP contribution is -2.12. The van der Waals surface area contributed by atoms with Crippen LogP contribution in [0.4, 0.5) is 17.6 Å². The third-order valence-electron chi connectivity index (χ3n) is 4.04. The fourth-order valence-electron chi connectivity index (χ4n) is 2.86. The van der Waals surface area contributed by atoms with Crippen molar-refractivity contribution < 1.29 is 22.4 Å². The van der Waals surface area contributed by atoms with Gasteiger partial charge >= 0.3 is 6.18 Å². The van der Waals surface area contributed by atoms with Crippen LogP contribution in [0.2, 0.25) is 0 Å². The van der Waals surface area contributed by atoms with Crippen LogP contribution in [-0.2, 0) is 6.18 Å². The van der Waals surface area contributed by atoms with E-state index in [4.69, 9.17) is 0 Å². The van der Waals surface area contributed by atoms with Crippen LogP contribution in [0.25, 0.3) is 0 Å². The Hall–Kier alpha value is -1.39. The van der Waals surface area contributed by atoms with Gasteiger partial charge < -0.3 is 0 Å². The molecule has 1 fully saturated rings. The zero-order chi connectivity index (χ0) is 15.5. The first-order chi connectivity index (χ1) is 9.88. The highest BCUT2D eigenvalue weighted by atomic mass is 19.4. The molecule has 0 atom stereocenters. The molecule has 1 saturated carbocycles. The quantitative estimate of drug-likeness (QED) is 0.416. The number of halogens is 4. The minimum atomic E-state index is -4.78. The van der Waals surface area contributed by atoms with Crippen molar-refractivity contribution in [3.8, 4) is 0 Å². The second kappa shape index (κ2) is 6.58. The average molecular weight is 302 g/mol. The number of hydrogen-bond donors (Lipinski definition) is 0. The van der Waals surface area contributed by atoms with Gasteiger partial charge in [0.2, 0.25) is 0 Å². The molecule has 2 rings (SSSR count). The van der Waals surface area contributed by atoms with Crippen LogP contribution in [0.15, 0.2) is 18.2 Å². The van der Waals surface area contributed by atoms with Gasteiger partial charge in [0, 0.05) is 12.0 Å². The molecule has 0 unspecified atom stereocenters. The molecule has 1 nitrogen and oxygen atoms in total. The van der Waals surface area contributed by atoms with E-state index in [1.807, 2.05) is 0 Å². The van der Waals surface area contributed by atoms with Crippen molar-refractivity contribution in [2.24, 2.45) is 5.92 Å². The summed E-state index contributed by atoms with van der Waals surface area (Å²) in [6, 6.07) is 2.50. The molecule has 116 valence electrons. The smallest absolute Gasteiger partial charge is 0.294 e. The third kappa shape index (κ3) is 4.29. The summed E-state index contributed by atoms with van der Waals surface area (Å²) in [6.45, 7) is 0. The first-order valence-corrected chi connectivity index (χ1v) is 7.28. The Morgan fingerprint density at radius 3 is 2.29 bits per heavy atom. The molecule has 0 saturated heterocycles. The molecule has 1 aromatic rings. The summed E-state index contributed by atoms with van der Waals surface area (Å²) in [6.07, 6.45) is 1.80. The number of hydrogen-bond acceptors (Lipinski definition) is 1. The van der Waals surface area contributed by atoms with Crippen LogP contribution < -0.4 is 0 Å². The Balaban J connectivity index is 2.12. The summed E-state index contributed by atoms with van der Waals surface area (Å²) < 4.78 is 51.2. The van der Waals surface area contributed by atoms with E-state index in [0.29, 0.717) is 6.07 Å². The van der Waals surface area contributed by atoms with Crippen LogP contribution in [0.5, 0.6) is 0 Å². The minimum Gasteiger partial charge on any atom is -0.294 e. The highest BCUT2D eigenvalue weighted by Gasteiger charge is 2.34. The SMILES string of the molecule is O=C(CC1CCCCCC1)c1ccc(F)c(C(F)(F)F)c1. The minimum absolute atomic E-state index is 0.0482. The van der Waals surface area contributed by atoms with Gasteiger partial charge in [0.15, 0.2) is 5.78 Å².